The number of hydrogen-bond donors (Lipinski definition) is 0. The zero-order chi connectivity index (χ0) is 22.7. The Bertz CT molecular complexity index is 831. The summed E-state index contributed by atoms with van der Waals surface area (Å²) in [5.74, 6) is 2.58. The van der Waals surface area contributed by atoms with Crippen molar-refractivity contribution < 1.29 is 4.79 Å². The molecule has 5 aliphatic rings. The Hall–Kier alpha value is -0.590. The van der Waals surface area contributed by atoms with E-state index in [4.69, 9.17) is 0 Å². The quantitative estimate of drug-likeness (QED) is 0.357. The van der Waals surface area contributed by atoms with Crippen molar-refractivity contribution in [2.45, 2.75) is 120 Å². The van der Waals surface area contributed by atoms with Gasteiger partial charge in [0.15, 0.2) is 0 Å². The van der Waals surface area contributed by atoms with Crippen LogP contribution >= 0.6 is 0 Å². The van der Waals surface area contributed by atoms with Crippen LogP contribution in [0.1, 0.15) is 120 Å². The van der Waals surface area contributed by atoms with Crippen LogP contribution < -0.4 is 0 Å². The summed E-state index contributed by atoms with van der Waals surface area (Å²) in [4.78, 5) is 12.9. The Morgan fingerprint density at radius 1 is 0.806 bits per heavy atom. The number of fused-ring (bicyclic) bond motifs is 7. The summed E-state index contributed by atoms with van der Waals surface area (Å²) in [6.45, 7) is 20.1. The summed E-state index contributed by atoms with van der Waals surface area (Å²) >= 11 is 0. The molecule has 0 amide bonds. The monoisotopic (exact) mass is 424 g/mol. The van der Waals surface area contributed by atoms with Gasteiger partial charge in [-0.25, -0.2) is 0 Å². The van der Waals surface area contributed by atoms with Gasteiger partial charge in [-0.1, -0.05) is 67.0 Å². The van der Waals surface area contributed by atoms with Gasteiger partial charge in [0.1, 0.15) is 5.78 Å². The van der Waals surface area contributed by atoms with Crippen molar-refractivity contribution in [3.63, 3.8) is 0 Å². The average molecular weight is 425 g/mol. The second kappa shape index (κ2) is 6.29. The molecule has 5 rings (SSSR count). The normalized spacial score (nSPS) is 52.8. The van der Waals surface area contributed by atoms with Gasteiger partial charge in [-0.2, -0.15) is 0 Å². The summed E-state index contributed by atoms with van der Waals surface area (Å²) in [6, 6.07) is 0. The lowest BCUT2D eigenvalue weighted by Gasteiger charge is -2.70. The maximum absolute atomic E-state index is 12.9. The summed E-state index contributed by atoms with van der Waals surface area (Å²) in [6.07, 6.45) is 15.5. The number of carbonyl (C=O) groups excluding carboxylic acids is 1. The summed E-state index contributed by atoms with van der Waals surface area (Å²) < 4.78 is 0. The van der Waals surface area contributed by atoms with Gasteiger partial charge in [0.25, 0.3) is 0 Å². The first-order valence-corrected chi connectivity index (χ1v) is 13.4. The van der Waals surface area contributed by atoms with E-state index in [9.17, 15) is 4.79 Å². The molecule has 31 heavy (non-hydrogen) atoms. The lowest BCUT2D eigenvalue weighted by Crippen LogP contribution is -2.64. The highest BCUT2D eigenvalue weighted by atomic mass is 16.1. The van der Waals surface area contributed by atoms with Gasteiger partial charge >= 0.3 is 0 Å². The molecule has 0 spiro atoms. The molecule has 0 aromatic rings. The van der Waals surface area contributed by atoms with E-state index < -0.39 is 0 Å². The molecule has 0 aromatic carbocycles. The molecule has 0 bridgehead atoms. The van der Waals surface area contributed by atoms with Gasteiger partial charge in [0.2, 0.25) is 0 Å². The molecule has 0 unspecified atom stereocenters. The molecule has 1 heteroatoms. The van der Waals surface area contributed by atoms with Gasteiger partial charge in [-0.15, -0.1) is 0 Å². The highest BCUT2D eigenvalue weighted by Crippen LogP contribution is 2.75. The first kappa shape index (κ1) is 22.2. The van der Waals surface area contributed by atoms with Crippen molar-refractivity contribution >= 4 is 5.78 Å². The first-order chi connectivity index (χ1) is 14.2. The molecule has 0 aliphatic heterocycles. The Balaban J connectivity index is 1.58. The van der Waals surface area contributed by atoms with E-state index in [1.165, 1.54) is 51.4 Å². The number of allylic oxidation sites excluding steroid dienone is 2. The van der Waals surface area contributed by atoms with Crippen LogP contribution in [-0.2, 0) is 4.79 Å². The predicted octanol–water partition coefficient (Wildman–Crippen LogP) is 8.38. The van der Waals surface area contributed by atoms with E-state index >= 15 is 0 Å². The lowest BCUT2D eigenvalue weighted by atomic mass is 9.34. The molecule has 0 aromatic heterocycles. The Labute approximate surface area is 192 Å². The molecule has 4 saturated carbocycles. The molecule has 0 heterocycles. The van der Waals surface area contributed by atoms with Crippen LogP contribution in [0.2, 0.25) is 0 Å². The summed E-state index contributed by atoms with van der Waals surface area (Å²) in [5.41, 5.74) is 3.75. The fraction of sp³-hybridized carbons (Fsp3) is 0.900. The van der Waals surface area contributed by atoms with E-state index in [1.807, 2.05) is 5.57 Å². The van der Waals surface area contributed by atoms with Crippen molar-refractivity contribution in [2.24, 2.45) is 50.2 Å². The molecule has 174 valence electrons. The number of carbonyl (C=O) groups is 1. The highest BCUT2D eigenvalue weighted by molar-refractivity contribution is 5.85. The van der Waals surface area contributed by atoms with Gasteiger partial charge < -0.3 is 0 Å². The smallest absolute Gasteiger partial charge is 0.138 e. The minimum atomic E-state index is -0.141. The third-order valence-corrected chi connectivity index (χ3v) is 12.8. The largest absolute Gasteiger partial charge is 0.299 e. The number of Topliss-reactive ketones (excluding diaryl/α,β-unsaturated/α-hetero) is 1. The van der Waals surface area contributed by atoms with Crippen LogP contribution in [0.25, 0.3) is 0 Å². The standard InChI is InChI=1S/C30H48O/c1-25(2)15-16-27(5)17-18-29(7)20(21(27)19-25)9-10-23-28(6)13-12-24(31)26(3,4)22(28)11-14-30(23,29)8/h9,21-23H,10-19H2,1-8H3/t21-,22-,23+,27+,28-,29+,30+/m0/s1. The Kier molecular flexibility index (Phi) is 4.51. The van der Waals surface area contributed by atoms with Crippen molar-refractivity contribution in [1.82, 2.24) is 0 Å². The summed E-state index contributed by atoms with van der Waals surface area (Å²) in [5, 5.41) is 0. The van der Waals surface area contributed by atoms with E-state index in [-0.39, 0.29) is 5.41 Å². The van der Waals surface area contributed by atoms with Crippen molar-refractivity contribution in [3.8, 4) is 0 Å². The Morgan fingerprint density at radius 2 is 1.48 bits per heavy atom. The fourth-order valence-electron chi connectivity index (χ4n) is 10.3. The molecule has 1 nitrogen and oxygen atoms in total. The molecule has 0 N–H and O–H groups in total. The minimum Gasteiger partial charge on any atom is -0.299 e. The van der Waals surface area contributed by atoms with Crippen LogP contribution in [0, 0.1) is 50.2 Å². The van der Waals surface area contributed by atoms with Crippen molar-refractivity contribution in [2.75, 3.05) is 0 Å². The average Bonchev–Trinajstić information content (AvgIpc) is 2.67. The van der Waals surface area contributed by atoms with Gasteiger partial charge in [0, 0.05) is 11.8 Å². The maximum atomic E-state index is 12.9. The van der Waals surface area contributed by atoms with E-state index in [2.05, 4.69) is 61.5 Å². The third-order valence-electron chi connectivity index (χ3n) is 12.8. The molecular formula is C30H48O. The lowest BCUT2D eigenvalue weighted by molar-refractivity contribution is -0.184. The SMILES string of the molecule is CC1(C)CC[C@]2(C)CC[C@]3(C)C(=CC[C@@H]4[C@@]5(C)CCC(=O)C(C)(C)[C@@H]5CC[C@]43C)[C@@H]2C1. The second-order valence-electron chi connectivity index (χ2n) is 15.0. The van der Waals surface area contributed by atoms with Gasteiger partial charge in [-0.3, -0.25) is 4.79 Å². The number of rotatable bonds is 0. The highest BCUT2D eigenvalue weighted by Gasteiger charge is 2.67. The second-order valence-corrected chi connectivity index (χ2v) is 15.0. The minimum absolute atomic E-state index is 0.141. The van der Waals surface area contributed by atoms with Crippen LogP contribution in [-0.4, -0.2) is 5.78 Å². The molecule has 4 fully saturated rings. The fourth-order valence-corrected chi connectivity index (χ4v) is 10.3. The number of hydrogen-bond acceptors (Lipinski definition) is 1. The van der Waals surface area contributed by atoms with E-state index in [0.29, 0.717) is 38.8 Å². The molecule has 7 atom stereocenters. The zero-order valence-electron chi connectivity index (χ0n) is 21.8. The topological polar surface area (TPSA) is 17.1 Å². The maximum Gasteiger partial charge on any atom is 0.138 e. The zero-order valence-corrected chi connectivity index (χ0v) is 21.8. The van der Waals surface area contributed by atoms with Crippen LogP contribution in [0.3, 0.4) is 0 Å². The Morgan fingerprint density at radius 3 is 2.19 bits per heavy atom. The van der Waals surface area contributed by atoms with Crippen molar-refractivity contribution in [1.29, 1.82) is 0 Å². The van der Waals surface area contributed by atoms with Gasteiger partial charge in [-0.05, 0) is 103 Å². The molecular weight excluding hydrogens is 376 g/mol. The first-order valence-electron chi connectivity index (χ1n) is 13.4. The van der Waals surface area contributed by atoms with E-state index in [0.717, 1.165) is 24.7 Å². The van der Waals surface area contributed by atoms with Crippen LogP contribution in [0.15, 0.2) is 11.6 Å². The van der Waals surface area contributed by atoms with Crippen LogP contribution in [0.4, 0.5) is 0 Å². The molecule has 0 radical (unpaired) electrons. The number of ketones is 1. The third kappa shape index (κ3) is 2.70. The van der Waals surface area contributed by atoms with E-state index in [1.54, 1.807) is 0 Å². The predicted molar refractivity (Wildman–Crippen MR) is 130 cm³/mol. The van der Waals surface area contributed by atoms with Crippen LogP contribution in [0.5, 0.6) is 0 Å². The van der Waals surface area contributed by atoms with Crippen molar-refractivity contribution in [3.05, 3.63) is 11.6 Å². The molecule has 5 aliphatic carbocycles. The molecule has 0 saturated heterocycles. The summed E-state index contributed by atoms with van der Waals surface area (Å²) in [7, 11) is 0. The van der Waals surface area contributed by atoms with Gasteiger partial charge in [0.05, 0.1) is 0 Å².